The van der Waals surface area contributed by atoms with Gasteiger partial charge in [-0.15, -0.1) is 0 Å². The predicted octanol–water partition coefficient (Wildman–Crippen LogP) is 3.33. The van der Waals surface area contributed by atoms with Crippen LogP contribution in [0.25, 0.3) is 0 Å². The van der Waals surface area contributed by atoms with E-state index in [2.05, 4.69) is 25.6 Å². The molecule has 30 heavy (non-hydrogen) atoms. The number of guanidine groups is 1. The third kappa shape index (κ3) is 4.17. The number of allylic oxidation sites excluding steroid dienone is 1. The third-order valence-corrected chi connectivity index (χ3v) is 5.25. The molecule has 2 aliphatic rings. The largest absolute Gasteiger partial charge is 0.325 e. The molecule has 1 aromatic carbocycles. The van der Waals surface area contributed by atoms with Crippen molar-refractivity contribution in [3.63, 3.8) is 0 Å². The Hall–Kier alpha value is -3.29. The van der Waals surface area contributed by atoms with Crippen LogP contribution in [0.1, 0.15) is 46.1 Å². The Morgan fingerprint density at radius 1 is 1.30 bits per heavy atom. The van der Waals surface area contributed by atoms with E-state index < -0.39 is 5.41 Å². The Morgan fingerprint density at radius 2 is 2.07 bits per heavy atom. The van der Waals surface area contributed by atoms with Gasteiger partial charge in [0.05, 0.1) is 11.1 Å². The van der Waals surface area contributed by atoms with Gasteiger partial charge in [-0.25, -0.2) is 9.98 Å². The van der Waals surface area contributed by atoms with Crippen LogP contribution in [0, 0.1) is 0 Å². The number of carbonyl (C=O) groups is 2. The molecule has 1 aromatic rings. The van der Waals surface area contributed by atoms with Crippen molar-refractivity contribution < 1.29 is 9.59 Å². The highest BCUT2D eigenvalue weighted by molar-refractivity contribution is 6.44. The van der Waals surface area contributed by atoms with Crippen molar-refractivity contribution in [3.8, 4) is 0 Å². The van der Waals surface area contributed by atoms with Gasteiger partial charge in [0, 0.05) is 37.6 Å². The molecule has 3 rings (SSSR count). The fourth-order valence-corrected chi connectivity index (χ4v) is 3.52. The maximum atomic E-state index is 12.2. The second kappa shape index (κ2) is 8.61. The number of benzene rings is 1. The van der Waals surface area contributed by atoms with Crippen LogP contribution in [0.15, 0.2) is 45.5 Å². The molecule has 1 fully saturated rings. The monoisotopic (exact) mass is 408 g/mol. The number of amides is 2. The molecule has 0 atom stereocenters. The number of nitrogens with one attached hydrogen (secondary N) is 2. The lowest BCUT2D eigenvalue weighted by Crippen LogP contribution is -2.37. The predicted molar refractivity (Wildman–Crippen MR) is 121 cm³/mol. The quantitative estimate of drug-likeness (QED) is 0.593. The minimum Gasteiger partial charge on any atom is -0.325 e. The van der Waals surface area contributed by atoms with Crippen LogP contribution in [0.5, 0.6) is 0 Å². The summed E-state index contributed by atoms with van der Waals surface area (Å²) in [6, 6.07) is 5.70. The smallest absolute Gasteiger partial charge is 0.234 e. The normalized spacial score (nSPS) is 19.5. The van der Waals surface area contributed by atoms with E-state index in [1.54, 1.807) is 24.2 Å². The second-order valence-electron chi connectivity index (χ2n) is 7.79. The molecule has 0 aromatic heterocycles. The highest BCUT2D eigenvalue weighted by Gasteiger charge is 2.38. The summed E-state index contributed by atoms with van der Waals surface area (Å²) in [6.45, 7) is 8.12. The molecule has 8 heteroatoms. The van der Waals surface area contributed by atoms with Gasteiger partial charge in [0.2, 0.25) is 17.8 Å². The van der Waals surface area contributed by atoms with Gasteiger partial charge < -0.3 is 10.6 Å². The SMILES string of the molecule is C\C=C/N=C(\C(C)=N\C(=N/C)Nc1ccc2c(c1)NC(=O)C2(C)C)N1CCCC1=O. The Balaban J connectivity index is 1.84. The van der Waals surface area contributed by atoms with Crippen molar-refractivity contribution in [2.75, 3.05) is 24.2 Å². The molecule has 1 saturated heterocycles. The van der Waals surface area contributed by atoms with Crippen molar-refractivity contribution in [1.29, 1.82) is 0 Å². The molecule has 2 amide bonds. The van der Waals surface area contributed by atoms with E-state index in [1.807, 2.05) is 45.9 Å². The fraction of sp³-hybridized carbons (Fsp3) is 0.409. The van der Waals surface area contributed by atoms with Gasteiger partial charge in [0.25, 0.3) is 0 Å². The van der Waals surface area contributed by atoms with Gasteiger partial charge in [-0.2, -0.15) is 0 Å². The van der Waals surface area contributed by atoms with E-state index in [0.717, 1.165) is 23.4 Å². The first kappa shape index (κ1) is 21.4. The van der Waals surface area contributed by atoms with E-state index >= 15 is 0 Å². The second-order valence-corrected chi connectivity index (χ2v) is 7.79. The molecular weight excluding hydrogens is 380 g/mol. The molecule has 0 aliphatic carbocycles. The number of carbonyl (C=O) groups excluding carboxylic acids is 2. The van der Waals surface area contributed by atoms with E-state index in [0.29, 0.717) is 30.5 Å². The lowest BCUT2D eigenvalue weighted by Gasteiger charge is -2.18. The summed E-state index contributed by atoms with van der Waals surface area (Å²) in [6.07, 6.45) is 4.79. The van der Waals surface area contributed by atoms with Crippen LogP contribution in [-0.4, -0.2) is 47.8 Å². The fourth-order valence-electron chi connectivity index (χ4n) is 3.52. The summed E-state index contributed by atoms with van der Waals surface area (Å²) >= 11 is 0. The number of nitrogens with zero attached hydrogens (tertiary/aromatic N) is 4. The first-order chi connectivity index (χ1) is 14.3. The van der Waals surface area contributed by atoms with Crippen LogP contribution in [0.4, 0.5) is 11.4 Å². The molecule has 2 N–H and O–H groups in total. The van der Waals surface area contributed by atoms with Crippen LogP contribution < -0.4 is 10.6 Å². The van der Waals surface area contributed by atoms with Gasteiger partial charge in [-0.1, -0.05) is 12.1 Å². The number of fused-ring (bicyclic) bond motifs is 1. The molecule has 0 unspecified atom stereocenters. The number of amidine groups is 1. The Morgan fingerprint density at radius 3 is 2.70 bits per heavy atom. The summed E-state index contributed by atoms with van der Waals surface area (Å²) in [7, 11) is 1.64. The van der Waals surface area contributed by atoms with Crippen molar-refractivity contribution in [2.24, 2.45) is 15.0 Å². The Labute approximate surface area is 176 Å². The van der Waals surface area contributed by atoms with Crippen LogP contribution >= 0.6 is 0 Å². The van der Waals surface area contributed by atoms with E-state index in [9.17, 15) is 9.59 Å². The highest BCUT2D eigenvalue weighted by Crippen LogP contribution is 2.38. The summed E-state index contributed by atoms with van der Waals surface area (Å²) in [5.74, 6) is 0.943. The average molecular weight is 409 g/mol. The molecule has 0 spiro atoms. The first-order valence-electron chi connectivity index (χ1n) is 10.0. The zero-order valence-electron chi connectivity index (χ0n) is 18.1. The lowest BCUT2D eigenvalue weighted by atomic mass is 9.86. The van der Waals surface area contributed by atoms with Crippen molar-refractivity contribution in [1.82, 2.24) is 4.90 Å². The zero-order chi connectivity index (χ0) is 21.9. The summed E-state index contributed by atoms with van der Waals surface area (Å²) in [5, 5.41) is 6.10. The number of hydrogen-bond donors (Lipinski definition) is 2. The van der Waals surface area contributed by atoms with Gasteiger partial charge in [0.1, 0.15) is 0 Å². The number of rotatable bonds is 3. The maximum absolute atomic E-state index is 12.2. The number of aliphatic imine (C=N–C) groups is 3. The molecule has 2 heterocycles. The zero-order valence-corrected chi connectivity index (χ0v) is 18.1. The molecule has 0 saturated carbocycles. The number of likely N-dealkylation sites (tertiary alicyclic amines) is 1. The Bertz CT molecular complexity index is 987. The molecule has 158 valence electrons. The lowest BCUT2D eigenvalue weighted by molar-refractivity contribution is -0.124. The van der Waals surface area contributed by atoms with E-state index in [1.165, 1.54) is 0 Å². The van der Waals surface area contributed by atoms with Crippen molar-refractivity contribution in [2.45, 2.75) is 46.0 Å². The van der Waals surface area contributed by atoms with Gasteiger partial charge in [0.15, 0.2) is 5.84 Å². The first-order valence-corrected chi connectivity index (χ1v) is 10.0. The van der Waals surface area contributed by atoms with E-state index in [4.69, 9.17) is 0 Å². The topological polar surface area (TPSA) is 98.5 Å². The molecule has 8 nitrogen and oxygen atoms in total. The van der Waals surface area contributed by atoms with Crippen molar-refractivity contribution in [3.05, 3.63) is 36.0 Å². The molecule has 2 aliphatic heterocycles. The highest BCUT2D eigenvalue weighted by atomic mass is 16.2. The van der Waals surface area contributed by atoms with Crippen LogP contribution in [0.2, 0.25) is 0 Å². The third-order valence-electron chi connectivity index (χ3n) is 5.25. The Kier molecular flexibility index (Phi) is 6.14. The molecule has 0 bridgehead atoms. The van der Waals surface area contributed by atoms with E-state index in [-0.39, 0.29) is 11.8 Å². The van der Waals surface area contributed by atoms with Crippen LogP contribution in [-0.2, 0) is 15.0 Å². The van der Waals surface area contributed by atoms with Gasteiger partial charge in [-0.3, -0.25) is 19.5 Å². The molecule has 0 radical (unpaired) electrons. The molecular formula is C22H28N6O2. The number of anilines is 2. The number of hydrogen-bond acceptors (Lipinski definition) is 4. The summed E-state index contributed by atoms with van der Waals surface area (Å²) in [5.41, 5.74) is 2.54. The van der Waals surface area contributed by atoms with Crippen LogP contribution in [0.3, 0.4) is 0 Å². The van der Waals surface area contributed by atoms with Gasteiger partial charge >= 0.3 is 0 Å². The maximum Gasteiger partial charge on any atom is 0.234 e. The average Bonchev–Trinajstić information content (AvgIpc) is 3.22. The minimum absolute atomic E-state index is 0.0204. The van der Waals surface area contributed by atoms with Gasteiger partial charge in [-0.05, 0) is 51.8 Å². The van der Waals surface area contributed by atoms with Crippen molar-refractivity contribution >= 4 is 40.7 Å². The minimum atomic E-state index is -0.551. The standard InChI is InChI=1S/C22H28N6O2/c1-6-11-24-19(28-12-7-8-18(28)29)14(2)25-21(23-5)26-15-9-10-16-17(13-15)27-20(30)22(16,3)4/h6,9-11,13H,7-8,12H2,1-5H3,(H,23,26)(H,27,30)/b11-6-,24-19+,25-14+. The summed E-state index contributed by atoms with van der Waals surface area (Å²) in [4.78, 5) is 39.3. The summed E-state index contributed by atoms with van der Waals surface area (Å²) < 4.78 is 0.